The molecular weight excluding hydrogens is 653 g/mol. The Bertz CT molecular complexity index is 3050. The number of fused-ring (bicyclic) bond motifs is 8. The molecule has 0 saturated carbocycles. The maximum Gasteiger partial charge on any atom is 0.0546 e. The fourth-order valence-corrected chi connectivity index (χ4v) is 9.01. The van der Waals surface area contributed by atoms with E-state index < -0.39 is 0 Å². The molecule has 11 rings (SSSR count). The molecule has 2 aliphatic carbocycles. The van der Waals surface area contributed by atoms with E-state index in [1.54, 1.807) is 0 Å². The number of hydrogen-bond acceptors (Lipinski definition) is 1. The van der Waals surface area contributed by atoms with Crippen LogP contribution in [0.25, 0.3) is 71.3 Å². The van der Waals surface area contributed by atoms with Crippen LogP contribution >= 0.6 is 0 Å². The monoisotopic (exact) mass is 688 g/mol. The van der Waals surface area contributed by atoms with Crippen LogP contribution in [-0.2, 0) is 0 Å². The van der Waals surface area contributed by atoms with Crippen LogP contribution in [0.5, 0.6) is 0 Å². The van der Waals surface area contributed by atoms with Crippen LogP contribution < -0.4 is 4.90 Å². The molecule has 0 unspecified atom stereocenters. The van der Waals surface area contributed by atoms with Gasteiger partial charge >= 0.3 is 0 Å². The fourth-order valence-electron chi connectivity index (χ4n) is 9.01. The molecule has 1 aromatic heterocycles. The first-order valence-electron chi connectivity index (χ1n) is 18.8. The molecule has 0 amide bonds. The van der Waals surface area contributed by atoms with Gasteiger partial charge in [-0.25, -0.2) is 0 Å². The lowest BCUT2D eigenvalue weighted by Gasteiger charge is -2.28. The largest absolute Gasteiger partial charge is 0.310 e. The summed E-state index contributed by atoms with van der Waals surface area (Å²) in [6, 6.07) is 62.3. The van der Waals surface area contributed by atoms with E-state index in [0.717, 1.165) is 35.5 Å². The molecule has 0 atom stereocenters. The highest BCUT2D eigenvalue weighted by molar-refractivity contribution is 6.15. The second kappa shape index (κ2) is 12.1. The number of anilines is 3. The maximum atomic E-state index is 4.61. The van der Waals surface area contributed by atoms with Gasteiger partial charge in [-0.15, -0.1) is 0 Å². The molecular formula is C52H36N2. The summed E-state index contributed by atoms with van der Waals surface area (Å²) >= 11 is 0. The van der Waals surface area contributed by atoms with Crippen molar-refractivity contribution in [3.05, 3.63) is 205 Å². The van der Waals surface area contributed by atoms with Crippen LogP contribution in [0.2, 0.25) is 0 Å². The normalized spacial score (nSPS) is 13.7. The molecule has 1 heterocycles. The minimum atomic E-state index is 1.05. The predicted octanol–water partition coefficient (Wildman–Crippen LogP) is 14.4. The van der Waals surface area contributed by atoms with Crippen molar-refractivity contribution in [2.45, 2.75) is 12.8 Å². The number of benzene rings is 8. The van der Waals surface area contributed by atoms with Crippen molar-refractivity contribution in [3.63, 3.8) is 0 Å². The first-order chi connectivity index (χ1) is 26.7. The summed E-state index contributed by atoms with van der Waals surface area (Å²) < 4.78 is 2.37. The van der Waals surface area contributed by atoms with Gasteiger partial charge in [0.25, 0.3) is 0 Å². The summed E-state index contributed by atoms with van der Waals surface area (Å²) in [5, 5.41) is 7.48. The Morgan fingerprint density at radius 2 is 1.19 bits per heavy atom. The SMILES string of the molecule is C=C1C2=C(C=CCC2)c2ccc(N(c3ccc(-c4ccc5c(c4)c4ccccc4n5-c4ccccc4)cc3)c3cc4ccccc4c4ccccc34)cc21. The Morgan fingerprint density at radius 1 is 0.500 bits per heavy atom. The summed E-state index contributed by atoms with van der Waals surface area (Å²) in [6.07, 6.45) is 6.71. The Hall–Kier alpha value is -6.90. The maximum absolute atomic E-state index is 4.61. The Morgan fingerprint density at radius 3 is 2.04 bits per heavy atom. The fraction of sp³-hybridized carbons (Fsp3) is 0.0385. The molecule has 2 aliphatic rings. The molecule has 2 nitrogen and oxygen atoms in total. The summed E-state index contributed by atoms with van der Waals surface area (Å²) in [7, 11) is 0. The minimum Gasteiger partial charge on any atom is -0.310 e. The highest BCUT2D eigenvalue weighted by atomic mass is 15.1. The molecule has 254 valence electrons. The summed E-state index contributed by atoms with van der Waals surface area (Å²) in [5.74, 6) is 0. The van der Waals surface area contributed by atoms with E-state index in [4.69, 9.17) is 0 Å². The van der Waals surface area contributed by atoms with E-state index in [1.807, 2.05) is 0 Å². The van der Waals surface area contributed by atoms with Gasteiger partial charge in [0.1, 0.15) is 0 Å². The van der Waals surface area contributed by atoms with E-state index in [0.29, 0.717) is 0 Å². The van der Waals surface area contributed by atoms with Gasteiger partial charge in [0.15, 0.2) is 0 Å². The highest BCUT2D eigenvalue weighted by Gasteiger charge is 2.27. The van der Waals surface area contributed by atoms with E-state index in [2.05, 4.69) is 198 Å². The molecule has 0 aliphatic heterocycles. The van der Waals surface area contributed by atoms with Crippen LogP contribution in [0.15, 0.2) is 194 Å². The zero-order valence-electron chi connectivity index (χ0n) is 29.8. The summed E-state index contributed by atoms with van der Waals surface area (Å²) in [4.78, 5) is 2.44. The summed E-state index contributed by atoms with van der Waals surface area (Å²) in [5.41, 5.74) is 15.8. The lowest BCUT2D eigenvalue weighted by Crippen LogP contribution is -2.11. The Kier molecular flexibility index (Phi) is 6.87. The number of para-hydroxylation sites is 2. The first kappa shape index (κ1) is 30.7. The second-order valence-electron chi connectivity index (χ2n) is 14.5. The second-order valence-corrected chi connectivity index (χ2v) is 14.5. The molecule has 8 aromatic carbocycles. The lowest BCUT2D eigenvalue weighted by molar-refractivity contribution is 1.01. The molecule has 0 saturated heterocycles. The van der Waals surface area contributed by atoms with Gasteiger partial charge in [0.2, 0.25) is 0 Å². The van der Waals surface area contributed by atoms with Gasteiger partial charge in [-0.05, 0) is 129 Å². The Labute approximate surface area is 314 Å². The number of aromatic nitrogens is 1. The molecule has 0 N–H and O–H groups in total. The van der Waals surface area contributed by atoms with Gasteiger partial charge in [0.05, 0.1) is 16.7 Å². The third kappa shape index (κ3) is 4.67. The third-order valence-corrected chi connectivity index (χ3v) is 11.5. The lowest BCUT2D eigenvalue weighted by atomic mass is 9.96. The van der Waals surface area contributed by atoms with Crippen LogP contribution in [-0.4, -0.2) is 4.57 Å². The van der Waals surface area contributed by atoms with E-state index in [1.165, 1.54) is 82.4 Å². The van der Waals surface area contributed by atoms with Gasteiger partial charge in [-0.2, -0.15) is 0 Å². The number of rotatable bonds is 5. The third-order valence-electron chi connectivity index (χ3n) is 11.5. The van der Waals surface area contributed by atoms with Crippen molar-refractivity contribution in [3.8, 4) is 16.8 Å². The molecule has 0 bridgehead atoms. The van der Waals surface area contributed by atoms with Crippen molar-refractivity contribution in [1.82, 2.24) is 4.57 Å². The van der Waals surface area contributed by atoms with Gasteiger partial charge in [-0.3, -0.25) is 0 Å². The molecule has 0 radical (unpaired) electrons. The predicted molar refractivity (Wildman–Crippen MR) is 230 cm³/mol. The van der Waals surface area contributed by atoms with Crippen LogP contribution in [0.1, 0.15) is 24.0 Å². The average Bonchev–Trinajstić information content (AvgIpc) is 3.72. The van der Waals surface area contributed by atoms with Crippen molar-refractivity contribution in [2.75, 3.05) is 4.90 Å². The molecule has 0 fully saturated rings. The number of hydrogen-bond donors (Lipinski definition) is 0. The van der Waals surface area contributed by atoms with Crippen LogP contribution in [0, 0.1) is 0 Å². The van der Waals surface area contributed by atoms with Gasteiger partial charge in [-0.1, -0.05) is 128 Å². The van der Waals surface area contributed by atoms with Crippen molar-refractivity contribution in [2.24, 2.45) is 0 Å². The average molecular weight is 689 g/mol. The molecule has 9 aromatic rings. The van der Waals surface area contributed by atoms with E-state index in [9.17, 15) is 0 Å². The standard InChI is InChI=1S/C52H36N2/c1-34-41-16-7-8-18-43(41)45-29-28-40(33-48(34)45)53(52-32-37-13-5-6-17-42(37)44-19-9-10-20-46(44)52)39-26-23-35(24-27-39)36-25-30-51-49(31-36)47-21-11-12-22-50(47)54(51)38-14-3-2-4-15-38/h2-6,8-15,17-33H,1,7,16H2. The van der Waals surface area contributed by atoms with Gasteiger partial charge < -0.3 is 9.47 Å². The van der Waals surface area contributed by atoms with Crippen molar-refractivity contribution in [1.29, 1.82) is 0 Å². The molecule has 0 spiro atoms. The van der Waals surface area contributed by atoms with Crippen molar-refractivity contribution < 1.29 is 0 Å². The minimum absolute atomic E-state index is 1.05. The van der Waals surface area contributed by atoms with E-state index >= 15 is 0 Å². The number of allylic oxidation sites excluding steroid dienone is 5. The van der Waals surface area contributed by atoms with Gasteiger partial charge in [0, 0.05) is 33.2 Å². The number of nitrogens with zero attached hydrogens (tertiary/aromatic N) is 2. The van der Waals surface area contributed by atoms with Crippen molar-refractivity contribution >= 4 is 71.6 Å². The zero-order valence-corrected chi connectivity index (χ0v) is 29.8. The first-order valence-corrected chi connectivity index (χ1v) is 18.8. The highest BCUT2D eigenvalue weighted by Crippen LogP contribution is 2.49. The zero-order chi connectivity index (χ0) is 35.8. The quantitative estimate of drug-likeness (QED) is 0.163. The smallest absolute Gasteiger partial charge is 0.0546 e. The topological polar surface area (TPSA) is 8.17 Å². The molecule has 54 heavy (non-hydrogen) atoms. The van der Waals surface area contributed by atoms with Crippen LogP contribution in [0.3, 0.4) is 0 Å². The summed E-state index contributed by atoms with van der Waals surface area (Å²) in [6.45, 7) is 4.61. The Balaban J connectivity index is 1.07. The van der Waals surface area contributed by atoms with E-state index in [-0.39, 0.29) is 0 Å². The molecule has 2 heteroatoms. The van der Waals surface area contributed by atoms with Crippen LogP contribution in [0.4, 0.5) is 17.1 Å².